The highest BCUT2D eigenvalue weighted by molar-refractivity contribution is 7.99. The number of carbonyl (C=O) groups is 3. The van der Waals surface area contributed by atoms with E-state index in [1.54, 1.807) is 23.9 Å². The topological polar surface area (TPSA) is 66.5 Å². The third-order valence-corrected chi connectivity index (χ3v) is 7.19. The molecule has 166 valence electrons. The molecule has 0 aliphatic carbocycles. The van der Waals surface area contributed by atoms with Crippen molar-refractivity contribution in [1.29, 1.82) is 0 Å². The molecular formula is C26H21FN2O3S. The molecule has 5 rings (SSSR count). The van der Waals surface area contributed by atoms with Gasteiger partial charge in [-0.2, -0.15) is 0 Å². The molecule has 2 aliphatic rings. The van der Waals surface area contributed by atoms with Gasteiger partial charge in [0.05, 0.1) is 22.9 Å². The summed E-state index contributed by atoms with van der Waals surface area (Å²) in [6, 6.07) is 14.4. The van der Waals surface area contributed by atoms with Crippen molar-refractivity contribution in [1.82, 2.24) is 5.32 Å². The van der Waals surface area contributed by atoms with Gasteiger partial charge in [-0.05, 0) is 79.4 Å². The molecule has 3 aromatic rings. The van der Waals surface area contributed by atoms with Gasteiger partial charge in [-0.25, -0.2) is 9.29 Å². The number of fused-ring (bicyclic) bond motifs is 2. The summed E-state index contributed by atoms with van der Waals surface area (Å²) < 4.78 is 13.8. The largest absolute Gasteiger partial charge is 0.345 e. The molecule has 0 radical (unpaired) electrons. The molecule has 1 atom stereocenters. The molecule has 33 heavy (non-hydrogen) atoms. The van der Waals surface area contributed by atoms with Gasteiger partial charge in [-0.3, -0.25) is 14.4 Å². The van der Waals surface area contributed by atoms with Crippen molar-refractivity contribution in [3.05, 3.63) is 93.8 Å². The lowest BCUT2D eigenvalue weighted by atomic mass is 10.0. The summed E-state index contributed by atoms with van der Waals surface area (Å²) in [5, 5.41) is 2.97. The highest BCUT2D eigenvalue weighted by atomic mass is 32.2. The molecule has 0 aromatic heterocycles. The maximum Gasteiger partial charge on any atom is 0.266 e. The number of hydrogen-bond donors (Lipinski definition) is 1. The van der Waals surface area contributed by atoms with Crippen LogP contribution in [0.2, 0.25) is 0 Å². The minimum absolute atomic E-state index is 0.208. The van der Waals surface area contributed by atoms with Crippen molar-refractivity contribution >= 4 is 35.2 Å². The molecule has 3 amide bonds. The summed E-state index contributed by atoms with van der Waals surface area (Å²) in [6.45, 7) is 3.75. The molecule has 0 fully saturated rings. The van der Waals surface area contributed by atoms with Crippen LogP contribution in [0.4, 0.5) is 10.1 Å². The van der Waals surface area contributed by atoms with Crippen LogP contribution in [0, 0.1) is 19.7 Å². The monoisotopic (exact) mass is 460 g/mol. The van der Waals surface area contributed by atoms with Crippen molar-refractivity contribution < 1.29 is 18.8 Å². The highest BCUT2D eigenvalue weighted by Crippen LogP contribution is 2.37. The summed E-state index contributed by atoms with van der Waals surface area (Å²) >= 11 is 1.64. The SMILES string of the molecule is Cc1ccc(C)c(N2C(=O)c3ccc(C(=O)NC4CCSc5ccc(F)cc54)cc3C2=O)c1. The van der Waals surface area contributed by atoms with Crippen molar-refractivity contribution in [2.24, 2.45) is 0 Å². The minimum atomic E-state index is -0.445. The first-order chi connectivity index (χ1) is 15.8. The Morgan fingerprint density at radius 2 is 1.79 bits per heavy atom. The number of anilines is 1. The number of halogens is 1. The normalized spacial score (nSPS) is 17.1. The number of thioether (sulfide) groups is 1. The fraction of sp³-hybridized carbons (Fsp3) is 0.192. The Bertz CT molecular complexity index is 1340. The molecule has 0 saturated carbocycles. The van der Waals surface area contributed by atoms with Gasteiger partial charge in [0.2, 0.25) is 0 Å². The Morgan fingerprint density at radius 3 is 2.61 bits per heavy atom. The summed E-state index contributed by atoms with van der Waals surface area (Å²) in [5.74, 6) is -0.742. The molecular weight excluding hydrogens is 439 g/mol. The summed E-state index contributed by atoms with van der Waals surface area (Å²) in [7, 11) is 0. The van der Waals surface area contributed by atoms with Gasteiger partial charge in [0.25, 0.3) is 17.7 Å². The zero-order valence-electron chi connectivity index (χ0n) is 18.1. The van der Waals surface area contributed by atoms with Crippen molar-refractivity contribution in [2.75, 3.05) is 10.7 Å². The van der Waals surface area contributed by atoms with E-state index in [1.165, 1.54) is 29.2 Å². The van der Waals surface area contributed by atoms with Crippen LogP contribution in [0.3, 0.4) is 0 Å². The number of imide groups is 1. The number of amides is 3. The van der Waals surface area contributed by atoms with Crippen LogP contribution >= 0.6 is 11.8 Å². The Balaban J connectivity index is 1.43. The molecule has 7 heteroatoms. The second-order valence-corrected chi connectivity index (χ2v) is 9.48. The average Bonchev–Trinajstić information content (AvgIpc) is 3.05. The van der Waals surface area contributed by atoms with Crippen LogP contribution < -0.4 is 10.2 Å². The molecule has 0 saturated heterocycles. The molecule has 3 aromatic carbocycles. The second-order valence-electron chi connectivity index (χ2n) is 8.34. The van der Waals surface area contributed by atoms with E-state index >= 15 is 0 Å². The number of hydrogen-bond acceptors (Lipinski definition) is 4. The van der Waals surface area contributed by atoms with Crippen LogP contribution in [0.1, 0.15) is 60.2 Å². The Labute approximate surface area is 195 Å². The molecule has 2 heterocycles. The van der Waals surface area contributed by atoms with Crippen LogP contribution in [0.15, 0.2) is 59.5 Å². The lowest BCUT2D eigenvalue weighted by molar-refractivity contribution is 0.0920. The Morgan fingerprint density at radius 1 is 1.00 bits per heavy atom. The van der Waals surface area contributed by atoms with E-state index in [0.29, 0.717) is 12.1 Å². The van der Waals surface area contributed by atoms with E-state index in [9.17, 15) is 18.8 Å². The number of carbonyl (C=O) groups excluding carboxylic acids is 3. The van der Waals surface area contributed by atoms with Gasteiger partial charge in [0.15, 0.2) is 0 Å². The number of nitrogens with one attached hydrogen (secondary N) is 1. The van der Waals surface area contributed by atoms with Crippen LogP contribution in [0.5, 0.6) is 0 Å². The van der Waals surface area contributed by atoms with Gasteiger partial charge in [-0.1, -0.05) is 12.1 Å². The molecule has 1 unspecified atom stereocenters. The predicted octanol–water partition coefficient (Wildman–Crippen LogP) is 5.21. The quantitative estimate of drug-likeness (QED) is 0.545. The first-order valence-electron chi connectivity index (χ1n) is 10.7. The first-order valence-corrected chi connectivity index (χ1v) is 11.7. The molecule has 2 aliphatic heterocycles. The third-order valence-electron chi connectivity index (χ3n) is 6.07. The van der Waals surface area contributed by atoms with E-state index in [-0.39, 0.29) is 34.5 Å². The number of nitrogens with zero attached hydrogens (tertiary/aromatic N) is 1. The van der Waals surface area contributed by atoms with Crippen molar-refractivity contribution in [2.45, 2.75) is 31.2 Å². The number of rotatable bonds is 3. The second kappa shape index (κ2) is 8.15. The third kappa shape index (κ3) is 3.72. The van der Waals surface area contributed by atoms with E-state index < -0.39 is 11.8 Å². The molecule has 1 N–H and O–H groups in total. The fourth-order valence-electron chi connectivity index (χ4n) is 4.32. The van der Waals surface area contributed by atoms with Crippen LogP contribution in [0.25, 0.3) is 0 Å². The van der Waals surface area contributed by atoms with Gasteiger partial charge in [0.1, 0.15) is 5.82 Å². The first kappa shape index (κ1) is 21.4. The fourth-order valence-corrected chi connectivity index (χ4v) is 5.42. The van der Waals surface area contributed by atoms with Crippen molar-refractivity contribution in [3.63, 3.8) is 0 Å². The minimum Gasteiger partial charge on any atom is -0.345 e. The Kier molecular flexibility index (Phi) is 5.29. The van der Waals surface area contributed by atoms with Crippen LogP contribution in [-0.2, 0) is 0 Å². The standard InChI is InChI=1S/C26H21FN2O3S/c1-14-3-4-15(2)22(11-14)29-25(31)18-7-5-16(12-19(18)26(29)32)24(30)28-21-9-10-33-23-8-6-17(27)13-20(21)23/h3-8,11-13,21H,9-10H2,1-2H3,(H,28,30). The molecule has 0 bridgehead atoms. The predicted molar refractivity (Wildman–Crippen MR) is 125 cm³/mol. The summed E-state index contributed by atoms with van der Waals surface area (Å²) in [6.07, 6.45) is 0.676. The van der Waals surface area contributed by atoms with E-state index in [0.717, 1.165) is 27.3 Å². The van der Waals surface area contributed by atoms with Crippen LogP contribution in [-0.4, -0.2) is 23.5 Å². The maximum absolute atomic E-state index is 13.8. The number of benzene rings is 3. The van der Waals surface area contributed by atoms with Gasteiger partial charge in [-0.15, -0.1) is 11.8 Å². The maximum atomic E-state index is 13.8. The lowest BCUT2D eigenvalue weighted by Crippen LogP contribution is -2.31. The molecule has 5 nitrogen and oxygen atoms in total. The number of aryl methyl sites for hydroxylation is 2. The van der Waals surface area contributed by atoms with Gasteiger partial charge < -0.3 is 5.32 Å². The van der Waals surface area contributed by atoms with Gasteiger partial charge in [0, 0.05) is 16.2 Å². The summed E-state index contributed by atoms with van der Waals surface area (Å²) in [4.78, 5) is 41.3. The lowest BCUT2D eigenvalue weighted by Gasteiger charge is -2.26. The van der Waals surface area contributed by atoms with E-state index in [1.807, 2.05) is 32.0 Å². The van der Waals surface area contributed by atoms with E-state index in [4.69, 9.17) is 0 Å². The zero-order valence-corrected chi connectivity index (χ0v) is 19.0. The summed E-state index contributed by atoms with van der Waals surface area (Å²) in [5.41, 5.74) is 3.83. The van der Waals surface area contributed by atoms with Crippen molar-refractivity contribution in [3.8, 4) is 0 Å². The average molecular weight is 461 g/mol. The highest BCUT2D eigenvalue weighted by Gasteiger charge is 2.38. The Hall–Kier alpha value is -3.45. The smallest absolute Gasteiger partial charge is 0.266 e. The molecule has 0 spiro atoms. The van der Waals surface area contributed by atoms with E-state index in [2.05, 4.69) is 5.32 Å². The van der Waals surface area contributed by atoms with Gasteiger partial charge >= 0.3 is 0 Å². The zero-order chi connectivity index (χ0) is 23.3.